The summed E-state index contributed by atoms with van der Waals surface area (Å²) in [6.45, 7) is 2.25. The van der Waals surface area contributed by atoms with Crippen LogP contribution in [0.3, 0.4) is 0 Å². The molecular weight excluding hydrogens is 511 g/mol. The number of nitrogens with zero attached hydrogens (tertiary/aromatic N) is 2. The molecule has 188 valence electrons. The van der Waals surface area contributed by atoms with Crippen molar-refractivity contribution in [3.05, 3.63) is 107 Å². The van der Waals surface area contributed by atoms with Crippen LogP contribution in [0.4, 0.5) is 10.1 Å². The molecule has 1 aliphatic heterocycles. The van der Waals surface area contributed by atoms with E-state index >= 15 is 0 Å². The first-order valence-electron chi connectivity index (χ1n) is 11.8. The van der Waals surface area contributed by atoms with Crippen LogP contribution in [-0.2, 0) is 4.79 Å². The Morgan fingerprint density at radius 3 is 2.73 bits per heavy atom. The monoisotopic (exact) mass is 534 g/mol. The highest BCUT2D eigenvalue weighted by molar-refractivity contribution is 7.80. The third-order valence-electron chi connectivity index (χ3n) is 6.38. The summed E-state index contributed by atoms with van der Waals surface area (Å²) in [5.41, 5.74) is 2.76. The molecule has 37 heavy (non-hydrogen) atoms. The van der Waals surface area contributed by atoms with Gasteiger partial charge in [0.25, 0.3) is 0 Å². The first-order valence-corrected chi connectivity index (χ1v) is 12.6. The molecule has 2 N–H and O–H groups in total. The topological polar surface area (TPSA) is 70.4 Å². The molecule has 0 unspecified atom stereocenters. The van der Waals surface area contributed by atoms with E-state index in [0.29, 0.717) is 28.2 Å². The molecule has 0 aliphatic carbocycles. The number of hydrogen-bond acceptors (Lipinski definition) is 4. The maximum atomic E-state index is 14.0. The van der Waals surface area contributed by atoms with Gasteiger partial charge in [-0.25, -0.2) is 4.39 Å². The molecule has 3 heterocycles. The summed E-state index contributed by atoms with van der Waals surface area (Å²) in [7, 11) is 0. The van der Waals surface area contributed by atoms with Crippen molar-refractivity contribution in [2.24, 2.45) is 0 Å². The lowest BCUT2D eigenvalue weighted by atomic mass is 10.0. The van der Waals surface area contributed by atoms with Gasteiger partial charge >= 0.3 is 0 Å². The summed E-state index contributed by atoms with van der Waals surface area (Å²) in [4.78, 5) is 19.1. The van der Waals surface area contributed by atoms with E-state index in [-0.39, 0.29) is 30.1 Å². The van der Waals surface area contributed by atoms with Gasteiger partial charge in [0.15, 0.2) is 5.11 Å². The van der Waals surface area contributed by atoms with E-state index in [9.17, 15) is 9.18 Å². The van der Waals surface area contributed by atoms with Gasteiger partial charge in [-0.1, -0.05) is 41.9 Å². The second-order valence-corrected chi connectivity index (χ2v) is 9.51. The Bertz CT molecular complexity index is 1450. The fourth-order valence-electron chi connectivity index (χ4n) is 4.48. The fourth-order valence-corrected chi connectivity index (χ4v) is 4.99. The number of pyridine rings is 1. The van der Waals surface area contributed by atoms with Crippen LogP contribution >= 0.6 is 23.8 Å². The zero-order chi connectivity index (χ0) is 25.9. The number of para-hydroxylation sites is 1. The van der Waals surface area contributed by atoms with Gasteiger partial charge in [0.1, 0.15) is 23.4 Å². The highest BCUT2D eigenvalue weighted by atomic mass is 35.5. The van der Waals surface area contributed by atoms with Gasteiger partial charge < -0.3 is 20.0 Å². The van der Waals surface area contributed by atoms with Crippen molar-refractivity contribution in [1.82, 2.24) is 15.2 Å². The Hall–Kier alpha value is -3.75. The number of rotatable bonds is 7. The molecule has 0 spiro atoms. The van der Waals surface area contributed by atoms with Crippen molar-refractivity contribution in [3.8, 4) is 11.3 Å². The number of hydrogen-bond donors (Lipinski definition) is 2. The van der Waals surface area contributed by atoms with Gasteiger partial charge in [-0.2, -0.15) is 0 Å². The SMILES string of the molecule is Cc1c(Cl)cccc1-c1ccc([C@H]2[C@@H](c3ccccn3)NC(=S)N2CCC(=O)Nc2ccccc2F)o1. The summed E-state index contributed by atoms with van der Waals surface area (Å²) >= 11 is 12.0. The lowest BCUT2D eigenvalue weighted by Crippen LogP contribution is -2.32. The predicted molar refractivity (Wildman–Crippen MR) is 146 cm³/mol. The molecule has 1 aliphatic rings. The third-order valence-corrected chi connectivity index (χ3v) is 7.14. The van der Waals surface area contributed by atoms with Gasteiger partial charge in [0.05, 0.1) is 17.4 Å². The normalized spacial score (nSPS) is 17.1. The van der Waals surface area contributed by atoms with Crippen molar-refractivity contribution in [3.63, 3.8) is 0 Å². The average Bonchev–Trinajstić information content (AvgIpc) is 3.51. The van der Waals surface area contributed by atoms with E-state index in [1.807, 2.05) is 60.4 Å². The van der Waals surface area contributed by atoms with Gasteiger partial charge in [-0.3, -0.25) is 9.78 Å². The number of carbonyl (C=O) groups excluding carboxylic acids is 1. The van der Waals surface area contributed by atoms with Crippen molar-refractivity contribution >= 4 is 40.5 Å². The fraction of sp³-hybridized carbons (Fsp3) is 0.179. The van der Waals surface area contributed by atoms with E-state index in [1.54, 1.807) is 18.3 Å². The van der Waals surface area contributed by atoms with Crippen LogP contribution in [-0.4, -0.2) is 27.4 Å². The van der Waals surface area contributed by atoms with Gasteiger partial charge in [-0.05, 0) is 67.2 Å². The maximum Gasteiger partial charge on any atom is 0.226 e. The molecule has 1 fully saturated rings. The second-order valence-electron chi connectivity index (χ2n) is 8.71. The summed E-state index contributed by atoms with van der Waals surface area (Å²) in [6.07, 6.45) is 1.83. The standard InChI is InChI=1S/C28H24ClFN4O2S/c1-17-18(7-6-8-19(17)29)23-12-13-24(36-23)27-26(22-11-4-5-15-31-22)33-28(37)34(27)16-14-25(35)32-21-10-3-2-9-20(21)30/h2-13,15,26-27H,14,16H2,1H3,(H,32,35)(H,33,37)/t26-,27+/m1/s1. The number of halogens is 2. The van der Waals surface area contributed by atoms with Crippen LogP contribution < -0.4 is 10.6 Å². The number of nitrogens with one attached hydrogen (secondary N) is 2. The van der Waals surface area contributed by atoms with Crippen molar-refractivity contribution < 1.29 is 13.6 Å². The molecule has 2 atom stereocenters. The van der Waals surface area contributed by atoms with Crippen LogP contribution in [0.15, 0.2) is 83.4 Å². The summed E-state index contributed by atoms with van der Waals surface area (Å²) in [6, 6.07) is 20.6. The zero-order valence-corrected chi connectivity index (χ0v) is 21.5. The number of anilines is 1. The Kier molecular flexibility index (Phi) is 7.21. The van der Waals surface area contributed by atoms with Crippen LogP contribution in [0.1, 0.15) is 35.5 Å². The Morgan fingerprint density at radius 1 is 1.14 bits per heavy atom. The first-order chi connectivity index (χ1) is 17.9. The first kappa shape index (κ1) is 24.9. The Balaban J connectivity index is 1.42. The molecule has 0 radical (unpaired) electrons. The number of furan rings is 1. The van der Waals surface area contributed by atoms with Gasteiger partial charge in [0.2, 0.25) is 5.91 Å². The minimum Gasteiger partial charge on any atom is -0.459 e. The Labute approximate surface area is 224 Å². The molecular formula is C28H24ClFN4O2S. The minimum atomic E-state index is -0.485. The lowest BCUT2D eigenvalue weighted by molar-refractivity contribution is -0.116. The summed E-state index contributed by atoms with van der Waals surface area (Å²) < 4.78 is 20.3. The molecule has 2 aromatic heterocycles. The smallest absolute Gasteiger partial charge is 0.226 e. The van der Waals surface area contributed by atoms with E-state index < -0.39 is 5.82 Å². The average molecular weight is 535 g/mol. The zero-order valence-electron chi connectivity index (χ0n) is 19.9. The summed E-state index contributed by atoms with van der Waals surface area (Å²) in [5.74, 6) is 0.557. The number of aromatic nitrogens is 1. The lowest BCUT2D eigenvalue weighted by Gasteiger charge is -2.26. The van der Waals surface area contributed by atoms with Gasteiger partial charge in [-0.15, -0.1) is 0 Å². The van der Waals surface area contributed by atoms with Crippen molar-refractivity contribution in [2.75, 3.05) is 11.9 Å². The van der Waals surface area contributed by atoms with E-state index in [0.717, 1.165) is 16.8 Å². The molecule has 1 saturated heterocycles. The molecule has 0 bridgehead atoms. The predicted octanol–water partition coefficient (Wildman–Crippen LogP) is 6.44. The number of amides is 1. The molecule has 5 rings (SSSR count). The molecule has 9 heteroatoms. The second kappa shape index (κ2) is 10.7. The Morgan fingerprint density at radius 2 is 1.95 bits per heavy atom. The highest BCUT2D eigenvalue weighted by Crippen LogP contribution is 2.41. The van der Waals surface area contributed by atoms with E-state index in [2.05, 4.69) is 15.6 Å². The van der Waals surface area contributed by atoms with Crippen molar-refractivity contribution in [2.45, 2.75) is 25.4 Å². The van der Waals surface area contributed by atoms with Crippen molar-refractivity contribution in [1.29, 1.82) is 0 Å². The summed E-state index contributed by atoms with van der Waals surface area (Å²) in [5, 5.41) is 7.12. The van der Waals surface area contributed by atoms with Crippen LogP contribution in [0.25, 0.3) is 11.3 Å². The minimum absolute atomic E-state index is 0.0998. The third kappa shape index (κ3) is 5.21. The molecule has 2 aromatic carbocycles. The molecule has 0 saturated carbocycles. The molecule has 4 aromatic rings. The highest BCUT2D eigenvalue weighted by Gasteiger charge is 2.41. The number of thiocarbonyl (C=S) groups is 1. The van der Waals surface area contributed by atoms with E-state index in [4.69, 9.17) is 28.2 Å². The molecule has 1 amide bonds. The largest absolute Gasteiger partial charge is 0.459 e. The van der Waals surface area contributed by atoms with Gasteiger partial charge in [0, 0.05) is 29.7 Å². The number of benzene rings is 2. The van der Waals surface area contributed by atoms with Crippen LogP contribution in [0.2, 0.25) is 5.02 Å². The molecule has 6 nitrogen and oxygen atoms in total. The number of carbonyl (C=O) groups is 1. The quantitative estimate of drug-likeness (QED) is 0.266. The van der Waals surface area contributed by atoms with Crippen LogP contribution in [0, 0.1) is 12.7 Å². The maximum absolute atomic E-state index is 14.0. The van der Waals surface area contributed by atoms with Crippen LogP contribution in [0.5, 0.6) is 0 Å². The van der Waals surface area contributed by atoms with E-state index in [1.165, 1.54) is 12.1 Å².